The van der Waals surface area contributed by atoms with Gasteiger partial charge in [-0.25, -0.2) is 4.79 Å². The van der Waals surface area contributed by atoms with Gasteiger partial charge in [0.2, 0.25) is 0 Å². The van der Waals surface area contributed by atoms with Crippen LogP contribution in [0, 0.1) is 10.1 Å². The van der Waals surface area contributed by atoms with Gasteiger partial charge in [-0.1, -0.05) is 17.7 Å². The standard InChI is InChI=1S/C21H21ClN2O7/c1-2-29-16-5-7-17(8-6-16)30-12-11-23-20(25)14-31-21(26)10-4-15-3-9-18(22)19(13-15)24(27)28/h3-10,13H,2,11-12,14H2,1H3,(H,23,25)/b10-4+. The number of nitrogens with one attached hydrogen (secondary N) is 1. The van der Waals surface area contributed by atoms with Crippen molar-refractivity contribution in [2.75, 3.05) is 26.4 Å². The first kappa shape index (κ1) is 23.7. The second-order valence-electron chi connectivity index (χ2n) is 6.01. The van der Waals surface area contributed by atoms with Gasteiger partial charge in [-0.2, -0.15) is 0 Å². The van der Waals surface area contributed by atoms with Crippen molar-refractivity contribution in [2.45, 2.75) is 6.92 Å². The maximum Gasteiger partial charge on any atom is 0.331 e. The molecule has 10 heteroatoms. The van der Waals surface area contributed by atoms with Gasteiger partial charge >= 0.3 is 5.97 Å². The van der Waals surface area contributed by atoms with Crippen LogP contribution in [-0.2, 0) is 14.3 Å². The van der Waals surface area contributed by atoms with Gasteiger partial charge in [0.15, 0.2) is 6.61 Å². The summed E-state index contributed by atoms with van der Waals surface area (Å²) in [6.45, 7) is 2.48. The van der Waals surface area contributed by atoms with E-state index in [1.54, 1.807) is 24.3 Å². The normalized spacial score (nSPS) is 10.5. The van der Waals surface area contributed by atoms with Crippen molar-refractivity contribution >= 4 is 35.2 Å². The first-order chi connectivity index (χ1) is 14.9. The van der Waals surface area contributed by atoms with Gasteiger partial charge in [0.05, 0.1) is 18.1 Å². The Morgan fingerprint density at radius 1 is 1.13 bits per heavy atom. The third-order valence-corrected chi connectivity index (χ3v) is 4.07. The maximum atomic E-state index is 11.7. The van der Waals surface area contributed by atoms with Crippen molar-refractivity contribution in [3.63, 3.8) is 0 Å². The van der Waals surface area contributed by atoms with E-state index in [2.05, 4.69) is 5.32 Å². The highest BCUT2D eigenvalue weighted by Crippen LogP contribution is 2.25. The zero-order valence-electron chi connectivity index (χ0n) is 16.7. The lowest BCUT2D eigenvalue weighted by Crippen LogP contribution is -2.31. The van der Waals surface area contributed by atoms with E-state index in [4.69, 9.17) is 25.8 Å². The second-order valence-corrected chi connectivity index (χ2v) is 6.42. The summed E-state index contributed by atoms with van der Waals surface area (Å²) in [5, 5.41) is 13.4. The van der Waals surface area contributed by atoms with Crippen molar-refractivity contribution in [1.82, 2.24) is 5.32 Å². The Bertz CT molecular complexity index is 945. The summed E-state index contributed by atoms with van der Waals surface area (Å²) in [7, 11) is 0. The van der Waals surface area contributed by atoms with Gasteiger partial charge in [-0.3, -0.25) is 14.9 Å². The van der Waals surface area contributed by atoms with Crippen LogP contribution < -0.4 is 14.8 Å². The molecule has 2 rings (SSSR count). The van der Waals surface area contributed by atoms with E-state index in [-0.39, 0.29) is 23.9 Å². The highest BCUT2D eigenvalue weighted by molar-refractivity contribution is 6.32. The summed E-state index contributed by atoms with van der Waals surface area (Å²) in [4.78, 5) is 33.7. The summed E-state index contributed by atoms with van der Waals surface area (Å²) in [5.74, 6) is 0.127. The van der Waals surface area contributed by atoms with Crippen LogP contribution in [0.3, 0.4) is 0 Å². The molecular formula is C21H21ClN2O7. The van der Waals surface area contributed by atoms with Gasteiger partial charge in [-0.15, -0.1) is 0 Å². The molecule has 1 N–H and O–H groups in total. The van der Waals surface area contributed by atoms with Crippen LogP contribution in [0.2, 0.25) is 5.02 Å². The number of hydrogen-bond donors (Lipinski definition) is 1. The van der Waals surface area contributed by atoms with Gasteiger partial charge in [0.25, 0.3) is 11.6 Å². The van der Waals surface area contributed by atoms with E-state index in [0.717, 1.165) is 11.8 Å². The molecule has 0 unspecified atom stereocenters. The SMILES string of the molecule is CCOc1ccc(OCCNC(=O)COC(=O)/C=C/c2ccc(Cl)c([N+](=O)[O-])c2)cc1. The molecule has 31 heavy (non-hydrogen) atoms. The maximum absolute atomic E-state index is 11.7. The molecule has 9 nitrogen and oxygen atoms in total. The molecule has 0 heterocycles. The Labute approximate surface area is 183 Å². The number of nitrogens with zero attached hydrogens (tertiary/aromatic N) is 1. The minimum Gasteiger partial charge on any atom is -0.494 e. The van der Waals surface area contributed by atoms with Gasteiger partial charge < -0.3 is 19.5 Å². The fourth-order valence-corrected chi connectivity index (χ4v) is 2.52. The number of carbonyl (C=O) groups excluding carboxylic acids is 2. The lowest BCUT2D eigenvalue weighted by molar-refractivity contribution is -0.384. The molecule has 1 amide bonds. The lowest BCUT2D eigenvalue weighted by Gasteiger charge is -2.09. The molecule has 2 aromatic rings. The summed E-state index contributed by atoms with van der Waals surface area (Å²) in [6, 6.07) is 11.2. The second kappa shape index (κ2) is 12.2. The summed E-state index contributed by atoms with van der Waals surface area (Å²) in [5.41, 5.74) is 0.118. The number of nitro benzene ring substituents is 1. The van der Waals surface area contributed by atoms with E-state index in [1.807, 2.05) is 6.92 Å². The van der Waals surface area contributed by atoms with Crippen LogP contribution in [0.25, 0.3) is 6.08 Å². The Morgan fingerprint density at radius 3 is 2.45 bits per heavy atom. The third-order valence-electron chi connectivity index (χ3n) is 3.75. The topological polar surface area (TPSA) is 117 Å². The van der Waals surface area contributed by atoms with Crippen LogP contribution in [0.5, 0.6) is 11.5 Å². The van der Waals surface area contributed by atoms with Crippen molar-refractivity contribution in [3.05, 3.63) is 69.2 Å². The number of rotatable bonds is 11. The highest BCUT2D eigenvalue weighted by atomic mass is 35.5. The lowest BCUT2D eigenvalue weighted by atomic mass is 10.2. The summed E-state index contributed by atoms with van der Waals surface area (Å²) in [6.07, 6.45) is 2.39. The molecule has 0 saturated heterocycles. The first-order valence-electron chi connectivity index (χ1n) is 9.30. The molecule has 164 valence electrons. The minimum absolute atomic E-state index is 0.00657. The molecule has 0 atom stereocenters. The van der Waals surface area contributed by atoms with Crippen LogP contribution >= 0.6 is 11.6 Å². The fraction of sp³-hybridized carbons (Fsp3) is 0.238. The third kappa shape index (κ3) is 8.35. The quantitative estimate of drug-likeness (QED) is 0.184. The Balaban J connectivity index is 1.67. The minimum atomic E-state index is -0.765. The molecule has 0 saturated carbocycles. The molecule has 0 bridgehead atoms. The van der Waals surface area contributed by atoms with Crippen molar-refractivity contribution < 1.29 is 28.7 Å². The van der Waals surface area contributed by atoms with E-state index in [9.17, 15) is 19.7 Å². The number of amides is 1. The number of benzene rings is 2. The molecule has 0 spiro atoms. The van der Waals surface area contributed by atoms with Gasteiger partial charge in [-0.05, 0) is 48.9 Å². The smallest absolute Gasteiger partial charge is 0.331 e. The molecule has 0 aliphatic heterocycles. The number of hydrogen-bond acceptors (Lipinski definition) is 7. The van der Waals surface area contributed by atoms with Crippen LogP contribution in [0.4, 0.5) is 5.69 Å². The number of halogens is 1. The Kier molecular flexibility index (Phi) is 9.31. The molecule has 0 aromatic heterocycles. The summed E-state index contributed by atoms with van der Waals surface area (Å²) >= 11 is 5.73. The largest absolute Gasteiger partial charge is 0.494 e. The summed E-state index contributed by atoms with van der Waals surface area (Å²) < 4.78 is 15.7. The van der Waals surface area contributed by atoms with Crippen LogP contribution in [0.15, 0.2) is 48.5 Å². The Morgan fingerprint density at radius 2 is 1.81 bits per heavy atom. The van der Waals surface area contributed by atoms with Crippen molar-refractivity contribution in [1.29, 1.82) is 0 Å². The van der Waals surface area contributed by atoms with Gasteiger partial charge in [0.1, 0.15) is 23.1 Å². The van der Waals surface area contributed by atoms with E-state index >= 15 is 0 Å². The zero-order valence-corrected chi connectivity index (χ0v) is 17.5. The number of carbonyl (C=O) groups is 2. The molecule has 2 aromatic carbocycles. The molecule has 0 aliphatic rings. The number of esters is 1. The predicted octanol–water partition coefficient (Wildman–Crippen LogP) is 3.40. The average molecular weight is 449 g/mol. The number of ether oxygens (including phenoxy) is 3. The van der Waals surface area contributed by atoms with E-state index < -0.39 is 23.4 Å². The Hall–Kier alpha value is -3.59. The monoisotopic (exact) mass is 448 g/mol. The molecule has 0 fully saturated rings. The first-order valence-corrected chi connectivity index (χ1v) is 9.68. The molecule has 0 aliphatic carbocycles. The molecule has 0 radical (unpaired) electrons. The zero-order chi connectivity index (χ0) is 22.6. The number of nitro groups is 1. The fourth-order valence-electron chi connectivity index (χ4n) is 2.33. The molecular weight excluding hydrogens is 428 g/mol. The predicted molar refractivity (Wildman–Crippen MR) is 114 cm³/mol. The highest BCUT2D eigenvalue weighted by Gasteiger charge is 2.12. The van der Waals surface area contributed by atoms with E-state index in [0.29, 0.717) is 17.9 Å². The van der Waals surface area contributed by atoms with Crippen molar-refractivity contribution in [2.24, 2.45) is 0 Å². The van der Waals surface area contributed by atoms with Crippen LogP contribution in [-0.4, -0.2) is 43.2 Å². The average Bonchev–Trinajstić information content (AvgIpc) is 2.75. The van der Waals surface area contributed by atoms with Crippen LogP contribution in [0.1, 0.15) is 12.5 Å². The van der Waals surface area contributed by atoms with E-state index in [1.165, 1.54) is 24.3 Å². The van der Waals surface area contributed by atoms with Gasteiger partial charge in [0, 0.05) is 12.1 Å². The van der Waals surface area contributed by atoms with Crippen molar-refractivity contribution in [3.8, 4) is 11.5 Å².